The van der Waals surface area contributed by atoms with Gasteiger partial charge in [0, 0.05) is 31.2 Å². The summed E-state index contributed by atoms with van der Waals surface area (Å²) in [6, 6.07) is 10.7. The van der Waals surface area contributed by atoms with Gasteiger partial charge in [-0.2, -0.15) is 0 Å². The van der Waals surface area contributed by atoms with E-state index in [1.807, 2.05) is 30.9 Å². The molecule has 4 rings (SSSR count). The highest BCUT2D eigenvalue weighted by molar-refractivity contribution is 7.92. The highest BCUT2D eigenvalue weighted by Gasteiger charge is 2.30. The average Bonchev–Trinajstić information content (AvgIpc) is 3.54. The molecule has 9 heteroatoms. The molecule has 2 aromatic rings. The Morgan fingerprint density at radius 2 is 1.68 bits per heavy atom. The lowest BCUT2D eigenvalue weighted by atomic mass is 10.0. The van der Waals surface area contributed by atoms with Crippen LogP contribution in [0.4, 0.5) is 17.1 Å². The first-order valence-electron chi connectivity index (χ1n) is 10.6. The van der Waals surface area contributed by atoms with Crippen molar-refractivity contribution in [3.05, 3.63) is 57.6 Å². The molecule has 31 heavy (non-hydrogen) atoms. The largest absolute Gasteiger partial charge is 0.366 e. The summed E-state index contributed by atoms with van der Waals surface area (Å²) in [4.78, 5) is 13.1. The average molecular weight is 445 g/mol. The number of nitro benzene ring substituents is 1. The molecule has 1 heterocycles. The molecule has 0 atom stereocenters. The van der Waals surface area contributed by atoms with Crippen molar-refractivity contribution in [1.29, 1.82) is 0 Å². The minimum atomic E-state index is -3.95. The Labute approximate surface area is 182 Å². The second-order valence-electron chi connectivity index (χ2n) is 8.53. The van der Waals surface area contributed by atoms with E-state index in [0.29, 0.717) is 36.5 Å². The minimum Gasteiger partial charge on any atom is -0.366 e. The molecule has 1 saturated heterocycles. The number of benzene rings is 2. The van der Waals surface area contributed by atoms with Gasteiger partial charge in [0.05, 0.1) is 15.5 Å². The quantitative estimate of drug-likeness (QED) is 0.498. The van der Waals surface area contributed by atoms with Gasteiger partial charge in [0.15, 0.2) is 0 Å². The number of nitrogens with one attached hydrogen (secondary N) is 2. The van der Waals surface area contributed by atoms with Gasteiger partial charge in [-0.05, 0) is 63.3 Å². The van der Waals surface area contributed by atoms with Gasteiger partial charge in [-0.25, -0.2) is 8.42 Å². The maximum absolute atomic E-state index is 12.9. The molecule has 1 saturated carbocycles. The lowest BCUT2D eigenvalue weighted by molar-refractivity contribution is -0.384. The molecule has 166 valence electrons. The summed E-state index contributed by atoms with van der Waals surface area (Å²) in [5.41, 5.74) is 2.56. The van der Waals surface area contributed by atoms with E-state index in [-0.39, 0.29) is 10.6 Å². The van der Waals surface area contributed by atoms with Crippen molar-refractivity contribution in [3.8, 4) is 0 Å². The maximum Gasteiger partial charge on any atom is 0.293 e. The van der Waals surface area contributed by atoms with Crippen LogP contribution in [0.3, 0.4) is 0 Å². The number of anilines is 2. The monoisotopic (exact) mass is 444 g/mol. The SMILES string of the molecule is Cc1ccc(NS(=O)(=O)c2ccc(N3CCC(NC4CC4)CC3)c([N+](=O)[O-])c2)c(C)c1. The third-order valence-electron chi connectivity index (χ3n) is 5.96. The smallest absolute Gasteiger partial charge is 0.293 e. The van der Waals surface area contributed by atoms with Gasteiger partial charge in [-0.15, -0.1) is 0 Å². The fourth-order valence-electron chi connectivity index (χ4n) is 4.09. The van der Waals surface area contributed by atoms with Crippen LogP contribution in [-0.4, -0.2) is 38.5 Å². The summed E-state index contributed by atoms with van der Waals surface area (Å²) in [6.45, 7) is 5.16. The van der Waals surface area contributed by atoms with Crippen LogP contribution in [0.2, 0.25) is 0 Å². The molecular formula is C22H28N4O4S. The Hall–Kier alpha value is -2.65. The van der Waals surface area contributed by atoms with Crippen LogP contribution in [0, 0.1) is 24.0 Å². The van der Waals surface area contributed by atoms with E-state index in [9.17, 15) is 18.5 Å². The highest BCUT2D eigenvalue weighted by atomic mass is 32.2. The lowest BCUT2D eigenvalue weighted by Gasteiger charge is -2.33. The van der Waals surface area contributed by atoms with Gasteiger partial charge in [0.2, 0.25) is 0 Å². The maximum atomic E-state index is 12.9. The zero-order valence-corrected chi connectivity index (χ0v) is 18.6. The predicted octanol–water partition coefficient (Wildman–Crippen LogP) is 3.73. The predicted molar refractivity (Wildman–Crippen MR) is 121 cm³/mol. The molecule has 0 aromatic heterocycles. The molecule has 0 spiro atoms. The van der Waals surface area contributed by atoms with Crippen LogP contribution in [0.25, 0.3) is 0 Å². The molecule has 1 aliphatic carbocycles. The van der Waals surface area contributed by atoms with Crippen LogP contribution in [0.15, 0.2) is 41.3 Å². The van der Waals surface area contributed by atoms with Crippen LogP contribution < -0.4 is 14.9 Å². The molecule has 8 nitrogen and oxygen atoms in total. The Balaban J connectivity index is 1.54. The standard InChI is InChI=1S/C22H28N4O4S/c1-15-3-7-20(16(2)13-15)24-31(29,30)19-6-8-21(22(14-19)26(27)28)25-11-9-18(10-12-25)23-17-4-5-17/h3,6-8,13-14,17-18,23-24H,4-5,9-12H2,1-2H3. The van der Waals surface area contributed by atoms with E-state index in [1.54, 1.807) is 12.1 Å². The van der Waals surface area contributed by atoms with E-state index in [0.717, 1.165) is 30.0 Å². The lowest BCUT2D eigenvalue weighted by Crippen LogP contribution is -2.43. The molecule has 0 bridgehead atoms. The fraction of sp³-hybridized carbons (Fsp3) is 0.455. The zero-order chi connectivity index (χ0) is 22.2. The van der Waals surface area contributed by atoms with Crippen molar-refractivity contribution in [2.45, 2.75) is 56.5 Å². The first-order valence-corrected chi connectivity index (χ1v) is 12.1. The van der Waals surface area contributed by atoms with Crippen LogP contribution in [-0.2, 0) is 10.0 Å². The van der Waals surface area contributed by atoms with Crippen molar-refractivity contribution < 1.29 is 13.3 Å². The first-order chi connectivity index (χ1) is 14.7. The third kappa shape index (κ3) is 4.99. The van der Waals surface area contributed by atoms with Crippen molar-refractivity contribution in [1.82, 2.24) is 5.32 Å². The van der Waals surface area contributed by atoms with E-state index in [2.05, 4.69) is 10.0 Å². The number of hydrogen-bond acceptors (Lipinski definition) is 6. The molecule has 0 unspecified atom stereocenters. The highest BCUT2D eigenvalue weighted by Crippen LogP contribution is 2.34. The van der Waals surface area contributed by atoms with Crippen LogP contribution in [0.5, 0.6) is 0 Å². The summed E-state index contributed by atoms with van der Waals surface area (Å²) in [5.74, 6) is 0. The Bertz CT molecular complexity index is 1090. The number of nitrogens with zero attached hydrogens (tertiary/aromatic N) is 2. The number of nitro groups is 1. The topological polar surface area (TPSA) is 105 Å². The second kappa shape index (κ2) is 8.47. The molecule has 2 aliphatic rings. The first kappa shape index (κ1) is 21.6. The van der Waals surface area contributed by atoms with Gasteiger partial charge < -0.3 is 10.2 Å². The Morgan fingerprint density at radius 3 is 2.29 bits per heavy atom. The van der Waals surface area contributed by atoms with E-state index >= 15 is 0 Å². The summed E-state index contributed by atoms with van der Waals surface area (Å²) in [6.07, 6.45) is 4.31. The van der Waals surface area contributed by atoms with Crippen LogP contribution >= 0.6 is 0 Å². The Kier molecular flexibility index (Phi) is 5.90. The molecule has 1 aliphatic heterocycles. The summed E-state index contributed by atoms with van der Waals surface area (Å²) < 4.78 is 28.3. The molecule has 2 N–H and O–H groups in total. The van der Waals surface area contributed by atoms with Gasteiger partial charge in [0.1, 0.15) is 5.69 Å². The summed E-state index contributed by atoms with van der Waals surface area (Å²) in [7, 11) is -3.95. The number of aryl methyl sites for hydroxylation is 2. The third-order valence-corrected chi connectivity index (χ3v) is 7.33. The number of sulfonamides is 1. The number of rotatable bonds is 7. The van der Waals surface area contributed by atoms with Gasteiger partial charge in [-0.3, -0.25) is 14.8 Å². The summed E-state index contributed by atoms with van der Waals surface area (Å²) in [5, 5.41) is 15.4. The molecule has 0 radical (unpaired) electrons. The summed E-state index contributed by atoms with van der Waals surface area (Å²) >= 11 is 0. The normalized spacial score (nSPS) is 17.5. The zero-order valence-electron chi connectivity index (χ0n) is 17.8. The van der Waals surface area contributed by atoms with Crippen LogP contribution in [0.1, 0.15) is 36.8 Å². The fourth-order valence-corrected chi connectivity index (χ4v) is 5.24. The molecular weight excluding hydrogens is 416 g/mol. The van der Waals surface area contributed by atoms with Crippen molar-refractivity contribution in [2.75, 3.05) is 22.7 Å². The van der Waals surface area contributed by atoms with Crippen molar-refractivity contribution in [2.24, 2.45) is 0 Å². The number of piperidine rings is 1. The van der Waals surface area contributed by atoms with E-state index in [1.165, 1.54) is 18.9 Å². The molecule has 2 aromatic carbocycles. The van der Waals surface area contributed by atoms with E-state index < -0.39 is 14.9 Å². The van der Waals surface area contributed by atoms with Crippen molar-refractivity contribution >= 4 is 27.1 Å². The van der Waals surface area contributed by atoms with E-state index in [4.69, 9.17) is 0 Å². The van der Waals surface area contributed by atoms with Crippen molar-refractivity contribution in [3.63, 3.8) is 0 Å². The Morgan fingerprint density at radius 1 is 1.00 bits per heavy atom. The minimum absolute atomic E-state index is 0.117. The molecule has 0 amide bonds. The van der Waals surface area contributed by atoms with Gasteiger partial charge in [0.25, 0.3) is 15.7 Å². The second-order valence-corrected chi connectivity index (χ2v) is 10.2. The van der Waals surface area contributed by atoms with Gasteiger partial charge in [-0.1, -0.05) is 17.7 Å². The van der Waals surface area contributed by atoms with Gasteiger partial charge >= 0.3 is 0 Å². The molecule has 2 fully saturated rings. The number of hydrogen-bond donors (Lipinski definition) is 2.